The fourth-order valence-electron chi connectivity index (χ4n) is 2.62. The van der Waals surface area contributed by atoms with Crippen LogP contribution in [-0.2, 0) is 6.42 Å². The number of hydrogen-bond donors (Lipinski definition) is 2. The summed E-state index contributed by atoms with van der Waals surface area (Å²) < 4.78 is -0.426. The van der Waals surface area contributed by atoms with Gasteiger partial charge >= 0.3 is 0 Å². The second-order valence-corrected chi connectivity index (χ2v) is 8.56. The highest BCUT2D eigenvalue weighted by Crippen LogP contribution is 2.39. The number of nitrogens with two attached hydrogens (primary N) is 1. The molecule has 0 radical (unpaired) electrons. The Hall–Kier alpha value is -1.45. The summed E-state index contributed by atoms with van der Waals surface area (Å²) in [4.78, 5) is 1.21. The van der Waals surface area contributed by atoms with Crippen LogP contribution in [-0.4, -0.2) is 10.6 Å². The van der Waals surface area contributed by atoms with Gasteiger partial charge in [-0.3, -0.25) is 5.41 Å². The van der Waals surface area contributed by atoms with Crippen LogP contribution in [0, 0.1) is 26.2 Å². The van der Waals surface area contributed by atoms with Crippen LogP contribution >= 0.6 is 23.4 Å². The first-order chi connectivity index (χ1) is 11.2. The van der Waals surface area contributed by atoms with Gasteiger partial charge in [-0.15, -0.1) is 11.8 Å². The van der Waals surface area contributed by atoms with E-state index in [1.54, 1.807) is 11.8 Å². The Morgan fingerprint density at radius 1 is 1.17 bits per heavy atom. The maximum absolute atomic E-state index is 8.11. The van der Waals surface area contributed by atoms with Crippen LogP contribution in [0.5, 0.6) is 0 Å². The van der Waals surface area contributed by atoms with E-state index in [9.17, 15) is 0 Å². The highest BCUT2D eigenvalue weighted by Gasteiger charge is 2.30. The van der Waals surface area contributed by atoms with Gasteiger partial charge in [0.1, 0.15) is 5.84 Å². The van der Waals surface area contributed by atoms with Gasteiger partial charge in [-0.1, -0.05) is 29.8 Å². The summed E-state index contributed by atoms with van der Waals surface area (Å²) in [6.07, 6.45) is 1.67. The predicted octanol–water partition coefficient (Wildman–Crippen LogP) is 5.68. The predicted molar refractivity (Wildman–Crippen MR) is 107 cm³/mol. The molecule has 1 unspecified atom stereocenters. The second-order valence-electron chi connectivity index (χ2n) is 6.58. The number of benzene rings is 2. The van der Waals surface area contributed by atoms with Crippen molar-refractivity contribution in [2.24, 2.45) is 5.73 Å². The largest absolute Gasteiger partial charge is 0.386 e. The highest BCUT2D eigenvalue weighted by molar-refractivity contribution is 8.01. The Morgan fingerprint density at radius 2 is 1.79 bits per heavy atom. The van der Waals surface area contributed by atoms with E-state index >= 15 is 0 Å². The van der Waals surface area contributed by atoms with Crippen molar-refractivity contribution in [3.63, 3.8) is 0 Å². The van der Waals surface area contributed by atoms with E-state index in [1.165, 1.54) is 27.1 Å². The van der Waals surface area contributed by atoms with Gasteiger partial charge in [-0.25, -0.2) is 0 Å². The lowest BCUT2D eigenvalue weighted by atomic mass is 9.99. The number of nitrogens with one attached hydrogen (secondary N) is 1. The van der Waals surface area contributed by atoms with Crippen LogP contribution in [0.3, 0.4) is 0 Å². The first kappa shape index (κ1) is 18.9. The molecule has 0 aliphatic rings. The van der Waals surface area contributed by atoms with E-state index < -0.39 is 4.75 Å². The maximum Gasteiger partial charge on any atom is 0.107 e. The first-order valence-electron chi connectivity index (χ1n) is 8.07. The fourth-order valence-corrected chi connectivity index (χ4v) is 4.11. The molecule has 0 bridgehead atoms. The molecule has 0 fully saturated rings. The molecule has 3 N–H and O–H groups in total. The third-order valence-corrected chi connectivity index (χ3v) is 6.24. The zero-order chi connectivity index (χ0) is 17.9. The molecule has 0 aliphatic heterocycles. The van der Waals surface area contributed by atoms with Gasteiger partial charge in [0.2, 0.25) is 0 Å². The molecule has 2 nitrogen and oxygen atoms in total. The van der Waals surface area contributed by atoms with E-state index in [0.29, 0.717) is 0 Å². The van der Waals surface area contributed by atoms with E-state index in [4.69, 9.17) is 22.7 Å². The molecule has 0 saturated heterocycles. The molecule has 0 spiro atoms. The summed E-state index contributed by atoms with van der Waals surface area (Å²) in [6, 6.07) is 12.3. The third-order valence-electron chi connectivity index (χ3n) is 4.47. The normalized spacial score (nSPS) is 13.5. The molecule has 2 aromatic rings. The molecule has 0 saturated carbocycles. The minimum Gasteiger partial charge on any atom is -0.386 e. The number of aryl methyl sites for hydroxylation is 3. The molecule has 1 atom stereocenters. The van der Waals surface area contributed by atoms with Crippen molar-refractivity contribution in [2.75, 3.05) is 0 Å². The Balaban J connectivity index is 2.21. The molecular weight excluding hydrogens is 336 g/mol. The van der Waals surface area contributed by atoms with Crippen molar-refractivity contribution in [1.29, 1.82) is 5.41 Å². The summed E-state index contributed by atoms with van der Waals surface area (Å²) in [6.45, 7) is 8.43. The molecule has 4 heteroatoms. The van der Waals surface area contributed by atoms with Gasteiger partial charge in [-0.05, 0) is 81.0 Å². The lowest BCUT2D eigenvalue weighted by molar-refractivity contribution is 0.719. The van der Waals surface area contributed by atoms with Gasteiger partial charge < -0.3 is 5.73 Å². The zero-order valence-electron chi connectivity index (χ0n) is 14.7. The van der Waals surface area contributed by atoms with Gasteiger partial charge in [0.05, 0.1) is 4.75 Å². The van der Waals surface area contributed by atoms with Crippen LogP contribution in [0.2, 0.25) is 5.02 Å². The summed E-state index contributed by atoms with van der Waals surface area (Å²) in [5.41, 5.74) is 11.0. The standard InChI is InChI=1S/C20H25ClN2S/c1-13-11-14(2)15(3)18(12-13)24-20(4,19(22)23)10-9-16-5-7-17(21)8-6-16/h5-8,11-12H,9-10H2,1-4H3,(H3,22,23). The minimum absolute atomic E-state index is 0.222. The molecule has 2 rings (SSSR count). The quantitative estimate of drug-likeness (QED) is 0.395. The number of rotatable bonds is 6. The van der Waals surface area contributed by atoms with Crippen LogP contribution < -0.4 is 5.73 Å². The first-order valence-corrected chi connectivity index (χ1v) is 9.26. The van der Waals surface area contributed by atoms with Crippen molar-refractivity contribution < 1.29 is 0 Å². The summed E-state index contributed by atoms with van der Waals surface area (Å²) in [7, 11) is 0. The Labute approximate surface area is 154 Å². The highest BCUT2D eigenvalue weighted by atomic mass is 35.5. The van der Waals surface area contributed by atoms with Crippen molar-refractivity contribution >= 4 is 29.2 Å². The molecule has 24 heavy (non-hydrogen) atoms. The molecular formula is C20H25ClN2S. The van der Waals surface area contributed by atoms with Gasteiger partial charge in [0, 0.05) is 9.92 Å². The molecule has 0 aromatic heterocycles. The number of thioether (sulfide) groups is 1. The Morgan fingerprint density at radius 3 is 2.38 bits per heavy atom. The Bertz CT molecular complexity index is 740. The summed E-state index contributed by atoms with van der Waals surface area (Å²) >= 11 is 7.65. The monoisotopic (exact) mass is 360 g/mol. The molecule has 2 aromatic carbocycles. The lowest BCUT2D eigenvalue weighted by Gasteiger charge is -2.29. The van der Waals surface area contributed by atoms with Crippen LogP contribution in [0.1, 0.15) is 35.6 Å². The topological polar surface area (TPSA) is 49.9 Å². The Kier molecular flexibility index (Phi) is 6.00. The lowest BCUT2D eigenvalue weighted by Crippen LogP contribution is -2.38. The average Bonchev–Trinajstić information content (AvgIpc) is 2.51. The summed E-state index contributed by atoms with van der Waals surface area (Å²) in [5, 5.41) is 8.86. The van der Waals surface area contributed by atoms with Crippen LogP contribution in [0.15, 0.2) is 41.3 Å². The molecule has 0 aliphatic carbocycles. The average molecular weight is 361 g/mol. The number of halogens is 1. The van der Waals surface area contributed by atoms with Crippen molar-refractivity contribution in [3.05, 3.63) is 63.7 Å². The summed E-state index contributed by atoms with van der Waals surface area (Å²) in [5.74, 6) is 0.222. The van der Waals surface area contributed by atoms with Crippen molar-refractivity contribution in [1.82, 2.24) is 0 Å². The fraction of sp³-hybridized carbons (Fsp3) is 0.350. The number of hydrogen-bond acceptors (Lipinski definition) is 2. The SMILES string of the molecule is Cc1cc(C)c(C)c(SC(C)(CCc2ccc(Cl)cc2)C(=N)N)c1. The third kappa shape index (κ3) is 4.55. The minimum atomic E-state index is -0.426. The van der Waals surface area contributed by atoms with Gasteiger partial charge in [0.25, 0.3) is 0 Å². The van der Waals surface area contributed by atoms with E-state index in [-0.39, 0.29) is 5.84 Å². The van der Waals surface area contributed by atoms with E-state index in [0.717, 1.165) is 17.9 Å². The molecule has 128 valence electrons. The van der Waals surface area contributed by atoms with Crippen molar-refractivity contribution in [3.8, 4) is 0 Å². The maximum atomic E-state index is 8.11. The van der Waals surface area contributed by atoms with Gasteiger partial charge in [0.15, 0.2) is 0 Å². The molecule has 0 heterocycles. The smallest absolute Gasteiger partial charge is 0.107 e. The van der Waals surface area contributed by atoms with Crippen LogP contribution in [0.4, 0.5) is 0 Å². The van der Waals surface area contributed by atoms with E-state index in [2.05, 4.69) is 39.8 Å². The van der Waals surface area contributed by atoms with Gasteiger partial charge in [-0.2, -0.15) is 0 Å². The zero-order valence-corrected chi connectivity index (χ0v) is 16.3. The number of amidine groups is 1. The molecule has 0 amide bonds. The van der Waals surface area contributed by atoms with Crippen molar-refractivity contribution in [2.45, 2.75) is 50.2 Å². The van der Waals surface area contributed by atoms with Crippen LogP contribution in [0.25, 0.3) is 0 Å². The second kappa shape index (κ2) is 7.62. The van der Waals surface area contributed by atoms with E-state index in [1.807, 2.05) is 24.3 Å².